The summed E-state index contributed by atoms with van der Waals surface area (Å²) in [5.74, 6) is -0.165. The Balaban J connectivity index is 0.00000169. The second kappa shape index (κ2) is 6.56. The van der Waals surface area contributed by atoms with Gasteiger partial charge in [0.15, 0.2) is 0 Å². The van der Waals surface area contributed by atoms with Gasteiger partial charge in [0.25, 0.3) is 0 Å². The van der Waals surface area contributed by atoms with E-state index in [1.54, 1.807) is 0 Å². The largest absolute Gasteiger partial charge is 0.481 e. The van der Waals surface area contributed by atoms with Gasteiger partial charge in [-0.1, -0.05) is 0 Å². The maximum absolute atomic E-state index is 10.2. The Kier molecular flexibility index (Phi) is 6.16. The topological polar surface area (TPSA) is 63.3 Å². The fourth-order valence-corrected chi connectivity index (χ4v) is 1.66. The molecule has 0 aliphatic heterocycles. The summed E-state index contributed by atoms with van der Waals surface area (Å²) in [6, 6.07) is 7.40. The summed E-state index contributed by atoms with van der Waals surface area (Å²) in [5.41, 5.74) is 6.22. The van der Waals surface area contributed by atoms with Crippen molar-refractivity contribution in [1.82, 2.24) is 0 Å². The third-order valence-corrected chi connectivity index (χ3v) is 2.48. The lowest BCUT2D eigenvalue weighted by Gasteiger charge is -1.99. The van der Waals surface area contributed by atoms with Crippen molar-refractivity contribution >= 4 is 35.8 Å². The van der Waals surface area contributed by atoms with Crippen LogP contribution in [0.15, 0.2) is 29.2 Å². The molecule has 0 aliphatic rings. The molecule has 3 nitrogen and oxygen atoms in total. The van der Waals surface area contributed by atoms with Gasteiger partial charge in [0.05, 0.1) is 6.42 Å². The summed E-state index contributed by atoms with van der Waals surface area (Å²) in [6.45, 7) is 0. The molecular weight excluding hydrogens is 222 g/mol. The van der Waals surface area contributed by atoms with Crippen molar-refractivity contribution in [3.05, 3.63) is 24.3 Å². The molecule has 0 saturated heterocycles. The lowest BCUT2D eigenvalue weighted by atomic mass is 10.3. The van der Waals surface area contributed by atoms with Gasteiger partial charge in [-0.3, -0.25) is 4.79 Å². The van der Waals surface area contributed by atoms with E-state index in [2.05, 4.69) is 0 Å². The maximum Gasteiger partial charge on any atom is 0.304 e. The molecule has 14 heavy (non-hydrogen) atoms. The van der Waals surface area contributed by atoms with E-state index in [-0.39, 0.29) is 18.8 Å². The molecule has 0 atom stereocenters. The standard InChI is InChI=1S/C9H11NO2S.ClH/c10-7-1-3-8(4-2-7)13-6-5-9(11)12;/h1-4H,5-6,10H2,(H,11,12);1H. The van der Waals surface area contributed by atoms with Crippen LogP contribution in [-0.2, 0) is 4.79 Å². The van der Waals surface area contributed by atoms with Gasteiger partial charge in [-0.05, 0) is 24.3 Å². The molecule has 0 amide bonds. The first-order valence-electron chi connectivity index (χ1n) is 3.88. The van der Waals surface area contributed by atoms with Gasteiger partial charge in [-0.25, -0.2) is 0 Å². The van der Waals surface area contributed by atoms with Gasteiger partial charge in [0.1, 0.15) is 0 Å². The van der Waals surface area contributed by atoms with Crippen molar-refractivity contribution in [3.8, 4) is 0 Å². The van der Waals surface area contributed by atoms with Crippen LogP contribution < -0.4 is 5.73 Å². The van der Waals surface area contributed by atoms with E-state index in [9.17, 15) is 4.79 Å². The number of rotatable bonds is 4. The van der Waals surface area contributed by atoms with E-state index in [1.807, 2.05) is 24.3 Å². The van der Waals surface area contributed by atoms with Gasteiger partial charge in [0, 0.05) is 16.3 Å². The number of halogens is 1. The minimum absolute atomic E-state index is 0. The lowest BCUT2D eigenvalue weighted by Crippen LogP contribution is -1.95. The molecule has 0 aliphatic carbocycles. The third kappa shape index (κ3) is 4.99. The molecule has 0 unspecified atom stereocenters. The summed E-state index contributed by atoms with van der Waals surface area (Å²) in [7, 11) is 0. The summed E-state index contributed by atoms with van der Waals surface area (Å²) >= 11 is 1.52. The van der Waals surface area contributed by atoms with Crippen molar-refractivity contribution in [3.63, 3.8) is 0 Å². The number of hydrogen-bond donors (Lipinski definition) is 2. The number of anilines is 1. The Bertz CT molecular complexity index is 289. The Labute approximate surface area is 93.1 Å². The highest BCUT2D eigenvalue weighted by atomic mass is 35.5. The molecule has 3 N–H and O–H groups in total. The first-order chi connectivity index (χ1) is 6.18. The zero-order chi connectivity index (χ0) is 9.68. The number of hydrogen-bond acceptors (Lipinski definition) is 3. The Hall–Kier alpha value is -0.870. The number of benzene rings is 1. The number of nitrogens with two attached hydrogens (primary N) is 1. The fourth-order valence-electron chi connectivity index (χ4n) is 0.820. The minimum atomic E-state index is -0.761. The predicted octanol–water partition coefficient (Wildman–Crippen LogP) is 2.26. The molecule has 0 aromatic heterocycles. The number of thioether (sulfide) groups is 1. The van der Waals surface area contributed by atoms with Gasteiger partial charge < -0.3 is 10.8 Å². The monoisotopic (exact) mass is 233 g/mol. The molecule has 1 aromatic carbocycles. The second-order valence-corrected chi connectivity index (χ2v) is 3.73. The number of carbonyl (C=O) groups is 1. The van der Waals surface area contributed by atoms with E-state index in [4.69, 9.17) is 10.8 Å². The molecule has 0 bridgehead atoms. The highest BCUT2D eigenvalue weighted by Gasteiger charge is 1.97. The van der Waals surface area contributed by atoms with Crippen LogP contribution in [0.3, 0.4) is 0 Å². The van der Waals surface area contributed by atoms with E-state index in [0.717, 1.165) is 10.6 Å². The van der Waals surface area contributed by atoms with Crippen LogP contribution in [0.2, 0.25) is 0 Å². The zero-order valence-electron chi connectivity index (χ0n) is 7.47. The average Bonchev–Trinajstić information content (AvgIpc) is 2.08. The van der Waals surface area contributed by atoms with Crippen LogP contribution in [-0.4, -0.2) is 16.8 Å². The summed E-state index contributed by atoms with van der Waals surface area (Å²) in [5, 5.41) is 8.40. The van der Waals surface area contributed by atoms with Crippen LogP contribution in [0.4, 0.5) is 5.69 Å². The lowest BCUT2D eigenvalue weighted by molar-refractivity contribution is -0.136. The maximum atomic E-state index is 10.2. The van der Waals surface area contributed by atoms with Gasteiger partial charge in [-0.15, -0.1) is 24.2 Å². The summed E-state index contributed by atoms with van der Waals surface area (Å²) in [4.78, 5) is 11.3. The van der Waals surface area contributed by atoms with Gasteiger partial charge >= 0.3 is 5.97 Å². The molecule has 78 valence electrons. The molecule has 0 heterocycles. The normalized spacial score (nSPS) is 9.14. The Morgan fingerprint density at radius 1 is 1.36 bits per heavy atom. The smallest absolute Gasteiger partial charge is 0.304 e. The molecule has 1 rings (SSSR count). The first-order valence-corrected chi connectivity index (χ1v) is 4.87. The number of carboxylic acids is 1. The minimum Gasteiger partial charge on any atom is -0.481 e. The van der Waals surface area contributed by atoms with Crippen molar-refractivity contribution in [1.29, 1.82) is 0 Å². The molecule has 5 heteroatoms. The Morgan fingerprint density at radius 3 is 2.43 bits per heavy atom. The highest BCUT2D eigenvalue weighted by molar-refractivity contribution is 7.99. The van der Waals surface area contributed by atoms with Crippen molar-refractivity contribution < 1.29 is 9.90 Å². The van der Waals surface area contributed by atoms with Crippen LogP contribution in [0.5, 0.6) is 0 Å². The van der Waals surface area contributed by atoms with E-state index in [0.29, 0.717) is 5.75 Å². The summed E-state index contributed by atoms with van der Waals surface area (Å²) in [6.07, 6.45) is 0.190. The molecular formula is C9H12ClNO2S. The first kappa shape index (κ1) is 13.1. The van der Waals surface area contributed by atoms with Crippen LogP contribution in [0.1, 0.15) is 6.42 Å². The van der Waals surface area contributed by atoms with Gasteiger partial charge in [-0.2, -0.15) is 0 Å². The van der Waals surface area contributed by atoms with Gasteiger partial charge in [0.2, 0.25) is 0 Å². The van der Waals surface area contributed by atoms with Crippen molar-refractivity contribution in [2.24, 2.45) is 0 Å². The number of nitrogen functional groups attached to an aromatic ring is 1. The van der Waals surface area contributed by atoms with Crippen molar-refractivity contribution in [2.75, 3.05) is 11.5 Å². The van der Waals surface area contributed by atoms with Crippen LogP contribution in [0, 0.1) is 0 Å². The van der Waals surface area contributed by atoms with Crippen LogP contribution in [0.25, 0.3) is 0 Å². The van der Waals surface area contributed by atoms with E-state index >= 15 is 0 Å². The zero-order valence-corrected chi connectivity index (χ0v) is 9.11. The Morgan fingerprint density at radius 2 is 1.93 bits per heavy atom. The van der Waals surface area contributed by atoms with Crippen LogP contribution >= 0.6 is 24.2 Å². The molecule has 1 aromatic rings. The average molecular weight is 234 g/mol. The number of carboxylic acid groups (broad SMARTS) is 1. The molecule has 0 saturated carbocycles. The predicted molar refractivity (Wildman–Crippen MR) is 61.1 cm³/mol. The highest BCUT2D eigenvalue weighted by Crippen LogP contribution is 2.19. The second-order valence-electron chi connectivity index (χ2n) is 2.56. The quantitative estimate of drug-likeness (QED) is 0.619. The number of aliphatic carboxylic acids is 1. The van der Waals surface area contributed by atoms with E-state index in [1.165, 1.54) is 11.8 Å². The molecule has 0 spiro atoms. The SMILES string of the molecule is Cl.Nc1ccc(SCCC(=O)O)cc1. The molecule has 0 radical (unpaired) electrons. The van der Waals surface area contributed by atoms with Crippen molar-refractivity contribution in [2.45, 2.75) is 11.3 Å². The summed E-state index contributed by atoms with van der Waals surface area (Å²) < 4.78 is 0. The van der Waals surface area contributed by atoms with E-state index < -0.39 is 5.97 Å². The molecule has 0 fully saturated rings. The fraction of sp³-hybridized carbons (Fsp3) is 0.222. The third-order valence-electron chi connectivity index (χ3n) is 1.46.